The summed E-state index contributed by atoms with van der Waals surface area (Å²) in [5.74, 6) is -0.836. The Morgan fingerprint density at radius 3 is 2.95 bits per heavy atom. The van der Waals surface area contributed by atoms with Gasteiger partial charge in [-0.3, -0.25) is 9.59 Å². The maximum Gasteiger partial charge on any atom is 0.303 e. The first kappa shape index (κ1) is 13.5. The maximum atomic E-state index is 11.9. The number of carbonyl (C=O) groups is 2. The third kappa shape index (κ3) is 4.06. The molecular formula is C14H18N2O3. The Morgan fingerprint density at radius 1 is 1.42 bits per heavy atom. The van der Waals surface area contributed by atoms with Crippen molar-refractivity contribution in [3.8, 4) is 0 Å². The summed E-state index contributed by atoms with van der Waals surface area (Å²) in [6, 6.07) is 7.23. The van der Waals surface area contributed by atoms with Gasteiger partial charge in [0.15, 0.2) is 0 Å². The molecule has 3 N–H and O–H groups in total. The van der Waals surface area contributed by atoms with Gasteiger partial charge in [0.1, 0.15) is 0 Å². The van der Waals surface area contributed by atoms with Crippen molar-refractivity contribution in [1.29, 1.82) is 0 Å². The summed E-state index contributed by atoms with van der Waals surface area (Å²) in [4.78, 5) is 22.5. The number of hydrogen-bond acceptors (Lipinski definition) is 3. The highest BCUT2D eigenvalue weighted by atomic mass is 16.4. The van der Waals surface area contributed by atoms with E-state index in [4.69, 9.17) is 5.11 Å². The van der Waals surface area contributed by atoms with Crippen molar-refractivity contribution in [2.75, 3.05) is 11.9 Å². The van der Waals surface area contributed by atoms with Crippen LogP contribution in [-0.2, 0) is 16.0 Å². The number of rotatable bonds is 5. The Bertz CT molecular complexity index is 468. The van der Waals surface area contributed by atoms with Gasteiger partial charge in [-0.25, -0.2) is 0 Å². The van der Waals surface area contributed by atoms with E-state index in [1.165, 1.54) is 0 Å². The Hall–Kier alpha value is -1.88. The molecule has 1 atom stereocenters. The van der Waals surface area contributed by atoms with Gasteiger partial charge >= 0.3 is 5.97 Å². The second-order valence-corrected chi connectivity index (χ2v) is 4.73. The highest BCUT2D eigenvalue weighted by Crippen LogP contribution is 2.14. The minimum absolute atomic E-state index is 0.0205. The van der Waals surface area contributed by atoms with E-state index in [-0.39, 0.29) is 18.4 Å². The lowest BCUT2D eigenvalue weighted by Gasteiger charge is -2.11. The van der Waals surface area contributed by atoms with Crippen molar-refractivity contribution in [3.05, 3.63) is 29.8 Å². The fraction of sp³-hybridized carbons (Fsp3) is 0.429. The molecule has 2 rings (SSSR count). The lowest BCUT2D eigenvalue weighted by atomic mass is 10.1. The number of aryl methyl sites for hydroxylation is 1. The molecule has 1 fully saturated rings. The summed E-state index contributed by atoms with van der Waals surface area (Å²) in [6.45, 7) is 0.886. The molecule has 0 aromatic heterocycles. The van der Waals surface area contributed by atoms with Gasteiger partial charge in [0, 0.05) is 12.1 Å². The van der Waals surface area contributed by atoms with Crippen LogP contribution in [0, 0.1) is 0 Å². The Kier molecular flexibility index (Phi) is 4.52. The molecule has 1 aliphatic heterocycles. The highest BCUT2D eigenvalue weighted by Gasteiger charge is 2.21. The number of carbonyl (C=O) groups excluding carboxylic acids is 1. The van der Waals surface area contributed by atoms with Crippen LogP contribution in [-0.4, -0.2) is 29.6 Å². The first-order valence-electron chi connectivity index (χ1n) is 6.50. The maximum absolute atomic E-state index is 11.9. The Labute approximate surface area is 112 Å². The molecule has 1 saturated heterocycles. The van der Waals surface area contributed by atoms with Crippen molar-refractivity contribution in [1.82, 2.24) is 5.32 Å². The Balaban J connectivity index is 1.94. The van der Waals surface area contributed by atoms with Crippen molar-refractivity contribution in [3.63, 3.8) is 0 Å². The average molecular weight is 262 g/mol. The van der Waals surface area contributed by atoms with Gasteiger partial charge < -0.3 is 15.7 Å². The topological polar surface area (TPSA) is 78.4 Å². The van der Waals surface area contributed by atoms with Crippen LogP contribution >= 0.6 is 0 Å². The highest BCUT2D eigenvalue weighted by molar-refractivity contribution is 5.95. The number of carboxylic acid groups (broad SMARTS) is 1. The van der Waals surface area contributed by atoms with Gasteiger partial charge in [-0.15, -0.1) is 0 Å². The fourth-order valence-electron chi connectivity index (χ4n) is 2.19. The number of hydrogen-bond donors (Lipinski definition) is 3. The number of carboxylic acids is 1. The molecule has 0 aliphatic carbocycles. The van der Waals surface area contributed by atoms with Gasteiger partial charge in [-0.05, 0) is 43.5 Å². The summed E-state index contributed by atoms with van der Waals surface area (Å²) >= 11 is 0. The van der Waals surface area contributed by atoms with E-state index < -0.39 is 5.97 Å². The number of aliphatic carboxylic acids is 1. The standard InChI is InChI=1S/C14H18N2O3/c17-13(18)7-6-10-3-1-4-11(9-10)16-14(19)12-5-2-8-15-12/h1,3-4,9,12,15H,2,5-8H2,(H,16,19)(H,17,18). The van der Waals surface area contributed by atoms with E-state index in [2.05, 4.69) is 10.6 Å². The number of nitrogens with one attached hydrogen (secondary N) is 2. The molecule has 0 saturated carbocycles. The van der Waals surface area contributed by atoms with Crippen LogP contribution in [0.25, 0.3) is 0 Å². The molecule has 0 bridgehead atoms. The zero-order valence-electron chi connectivity index (χ0n) is 10.7. The van der Waals surface area contributed by atoms with Gasteiger partial charge in [0.2, 0.25) is 5.91 Å². The van der Waals surface area contributed by atoms with Crippen LogP contribution in [0.15, 0.2) is 24.3 Å². The van der Waals surface area contributed by atoms with E-state index in [1.54, 1.807) is 0 Å². The van der Waals surface area contributed by atoms with E-state index >= 15 is 0 Å². The first-order valence-corrected chi connectivity index (χ1v) is 6.50. The lowest BCUT2D eigenvalue weighted by Crippen LogP contribution is -2.35. The molecule has 102 valence electrons. The molecule has 0 radical (unpaired) electrons. The minimum Gasteiger partial charge on any atom is -0.481 e. The Morgan fingerprint density at radius 2 is 2.26 bits per heavy atom. The zero-order chi connectivity index (χ0) is 13.7. The molecule has 5 nitrogen and oxygen atoms in total. The molecule has 1 amide bonds. The monoisotopic (exact) mass is 262 g/mol. The van der Waals surface area contributed by atoms with Crippen LogP contribution in [0.3, 0.4) is 0 Å². The summed E-state index contributed by atoms with van der Waals surface area (Å²) in [7, 11) is 0. The smallest absolute Gasteiger partial charge is 0.303 e. The van der Waals surface area contributed by atoms with Crippen molar-refractivity contribution in [2.24, 2.45) is 0 Å². The molecule has 1 heterocycles. The van der Waals surface area contributed by atoms with Crippen LogP contribution in [0.4, 0.5) is 5.69 Å². The molecule has 1 aliphatic rings. The van der Waals surface area contributed by atoms with E-state index in [1.807, 2.05) is 24.3 Å². The largest absolute Gasteiger partial charge is 0.481 e. The quantitative estimate of drug-likeness (QED) is 0.749. The molecule has 5 heteroatoms. The van der Waals surface area contributed by atoms with E-state index in [9.17, 15) is 9.59 Å². The predicted molar refractivity (Wildman–Crippen MR) is 72.1 cm³/mol. The van der Waals surface area contributed by atoms with Crippen molar-refractivity contribution >= 4 is 17.6 Å². The SMILES string of the molecule is O=C(O)CCc1cccc(NC(=O)C2CCCN2)c1. The normalized spacial score (nSPS) is 18.2. The summed E-state index contributed by atoms with van der Waals surface area (Å²) in [5.41, 5.74) is 1.64. The van der Waals surface area contributed by atoms with Gasteiger partial charge in [-0.2, -0.15) is 0 Å². The average Bonchev–Trinajstić information content (AvgIpc) is 2.91. The molecule has 0 spiro atoms. The second-order valence-electron chi connectivity index (χ2n) is 4.73. The second kappa shape index (κ2) is 6.33. The van der Waals surface area contributed by atoms with Crippen LogP contribution < -0.4 is 10.6 Å². The molecule has 1 aromatic rings. The lowest BCUT2D eigenvalue weighted by molar-refractivity contribution is -0.137. The number of benzene rings is 1. The van der Waals surface area contributed by atoms with Crippen LogP contribution in [0.2, 0.25) is 0 Å². The van der Waals surface area contributed by atoms with Crippen molar-refractivity contribution in [2.45, 2.75) is 31.7 Å². The third-order valence-electron chi connectivity index (χ3n) is 3.20. The van der Waals surface area contributed by atoms with Crippen LogP contribution in [0.5, 0.6) is 0 Å². The summed E-state index contributed by atoms with van der Waals surface area (Å²) in [5, 5.41) is 14.7. The van der Waals surface area contributed by atoms with E-state index in [0.29, 0.717) is 6.42 Å². The molecule has 19 heavy (non-hydrogen) atoms. The van der Waals surface area contributed by atoms with Gasteiger partial charge in [0.05, 0.1) is 6.04 Å². The predicted octanol–water partition coefficient (Wildman–Crippen LogP) is 1.39. The number of anilines is 1. The van der Waals surface area contributed by atoms with Gasteiger partial charge in [-0.1, -0.05) is 12.1 Å². The minimum atomic E-state index is -0.815. The molecule has 1 aromatic carbocycles. The van der Waals surface area contributed by atoms with E-state index in [0.717, 1.165) is 30.6 Å². The summed E-state index contributed by atoms with van der Waals surface area (Å²) in [6.07, 6.45) is 2.46. The molecular weight excluding hydrogens is 244 g/mol. The molecule has 1 unspecified atom stereocenters. The zero-order valence-corrected chi connectivity index (χ0v) is 10.7. The number of amides is 1. The third-order valence-corrected chi connectivity index (χ3v) is 3.20. The van der Waals surface area contributed by atoms with Gasteiger partial charge in [0.25, 0.3) is 0 Å². The summed E-state index contributed by atoms with van der Waals surface area (Å²) < 4.78 is 0. The van der Waals surface area contributed by atoms with Crippen LogP contribution in [0.1, 0.15) is 24.8 Å². The van der Waals surface area contributed by atoms with Crippen molar-refractivity contribution < 1.29 is 14.7 Å². The fourth-order valence-corrected chi connectivity index (χ4v) is 2.19. The first-order chi connectivity index (χ1) is 9.15.